The van der Waals surface area contributed by atoms with Crippen LogP contribution in [-0.4, -0.2) is 66.4 Å². The number of aliphatic hydroxyl groups is 3. The number of fused-ring (bicyclic) bond motifs is 2. The molecule has 2 aromatic carbocycles. The molecule has 1 aliphatic heterocycles. The van der Waals surface area contributed by atoms with Crippen LogP contribution in [0.3, 0.4) is 0 Å². The van der Waals surface area contributed by atoms with Crippen LogP contribution >= 0.6 is 0 Å². The van der Waals surface area contributed by atoms with E-state index >= 15 is 0 Å². The van der Waals surface area contributed by atoms with Crippen molar-refractivity contribution in [1.29, 1.82) is 0 Å². The Morgan fingerprint density at radius 2 is 1.88 bits per heavy atom. The van der Waals surface area contributed by atoms with Crippen LogP contribution in [0.15, 0.2) is 48.8 Å². The van der Waals surface area contributed by atoms with Crippen molar-refractivity contribution in [3.63, 3.8) is 0 Å². The van der Waals surface area contributed by atoms with Gasteiger partial charge in [-0.1, -0.05) is 42.5 Å². The first-order valence-corrected chi connectivity index (χ1v) is 10.3. The lowest BCUT2D eigenvalue weighted by Crippen LogP contribution is -2.33. The third kappa shape index (κ3) is 3.53. The van der Waals surface area contributed by atoms with Crippen LogP contribution in [0, 0.1) is 0 Å². The molecule has 166 valence electrons. The Labute approximate surface area is 182 Å². The smallest absolute Gasteiger partial charge is 0.320 e. The van der Waals surface area contributed by atoms with Crippen molar-refractivity contribution in [2.45, 2.75) is 31.0 Å². The first-order valence-electron chi connectivity index (χ1n) is 10.3. The molecule has 10 heteroatoms. The summed E-state index contributed by atoms with van der Waals surface area (Å²) in [5.74, 6) is 0.126. The Hall–Kier alpha value is -3.31. The van der Waals surface area contributed by atoms with Crippen LogP contribution < -0.4 is 10.5 Å². The van der Waals surface area contributed by atoms with Gasteiger partial charge in [0, 0.05) is 6.42 Å². The van der Waals surface area contributed by atoms with Crippen LogP contribution in [0.4, 0.5) is 5.82 Å². The number of hydrogen-bond acceptors (Lipinski definition) is 9. The molecule has 32 heavy (non-hydrogen) atoms. The van der Waals surface area contributed by atoms with Gasteiger partial charge in [0.15, 0.2) is 23.2 Å². The fourth-order valence-corrected chi connectivity index (χ4v) is 4.04. The fourth-order valence-electron chi connectivity index (χ4n) is 4.04. The van der Waals surface area contributed by atoms with E-state index in [2.05, 4.69) is 39.2 Å². The van der Waals surface area contributed by atoms with Crippen LogP contribution in [-0.2, 0) is 11.2 Å². The summed E-state index contributed by atoms with van der Waals surface area (Å²) < 4.78 is 12.8. The molecule has 1 saturated heterocycles. The summed E-state index contributed by atoms with van der Waals surface area (Å²) in [6.45, 7) is -0.0953. The number of imidazole rings is 1. The monoisotopic (exact) mass is 437 g/mol. The van der Waals surface area contributed by atoms with Gasteiger partial charge in [0.2, 0.25) is 0 Å². The van der Waals surface area contributed by atoms with E-state index in [1.54, 1.807) is 0 Å². The third-order valence-corrected chi connectivity index (χ3v) is 5.70. The van der Waals surface area contributed by atoms with Crippen molar-refractivity contribution in [2.75, 3.05) is 18.9 Å². The van der Waals surface area contributed by atoms with E-state index in [-0.39, 0.29) is 11.8 Å². The predicted molar refractivity (Wildman–Crippen MR) is 116 cm³/mol. The SMILES string of the molecule is Nc1nc(OCCc2cccc3ccccc23)nc2c1ncn2[C@@H]1O[C@H](CO)C(O)C1O. The number of aromatic nitrogens is 4. The molecule has 0 radical (unpaired) electrons. The first-order chi connectivity index (χ1) is 15.6. The summed E-state index contributed by atoms with van der Waals surface area (Å²) in [6.07, 6.45) is -2.35. The van der Waals surface area contributed by atoms with E-state index in [0.29, 0.717) is 24.2 Å². The number of nitrogens with two attached hydrogens (primary N) is 1. The van der Waals surface area contributed by atoms with Crippen LogP contribution in [0.2, 0.25) is 0 Å². The summed E-state index contributed by atoms with van der Waals surface area (Å²) >= 11 is 0. The maximum atomic E-state index is 10.3. The van der Waals surface area contributed by atoms with Gasteiger partial charge in [-0.2, -0.15) is 9.97 Å². The van der Waals surface area contributed by atoms with Crippen molar-refractivity contribution < 1.29 is 24.8 Å². The zero-order valence-corrected chi connectivity index (χ0v) is 17.1. The largest absolute Gasteiger partial charge is 0.463 e. The van der Waals surface area contributed by atoms with Crippen molar-refractivity contribution in [2.24, 2.45) is 0 Å². The van der Waals surface area contributed by atoms with Gasteiger partial charge in [0.05, 0.1) is 19.5 Å². The van der Waals surface area contributed by atoms with Crippen molar-refractivity contribution in [1.82, 2.24) is 19.5 Å². The number of rotatable bonds is 6. The zero-order valence-electron chi connectivity index (χ0n) is 17.1. The number of ether oxygens (including phenoxy) is 2. The Morgan fingerprint density at radius 3 is 2.69 bits per heavy atom. The minimum Gasteiger partial charge on any atom is -0.463 e. The van der Waals surface area contributed by atoms with Crippen molar-refractivity contribution >= 4 is 27.8 Å². The molecule has 0 saturated carbocycles. The predicted octanol–water partition coefficient (Wildman–Crippen LogP) is 0.795. The highest BCUT2D eigenvalue weighted by atomic mass is 16.6. The minimum absolute atomic E-state index is 0.0729. The number of anilines is 1. The maximum absolute atomic E-state index is 10.3. The second kappa shape index (κ2) is 8.32. The van der Waals surface area contributed by atoms with Gasteiger partial charge in [-0.25, -0.2) is 4.98 Å². The van der Waals surface area contributed by atoms with E-state index < -0.39 is 31.1 Å². The molecule has 5 rings (SSSR count). The summed E-state index contributed by atoms with van der Waals surface area (Å²) in [6, 6.07) is 14.4. The lowest BCUT2D eigenvalue weighted by molar-refractivity contribution is -0.0511. The van der Waals surface area contributed by atoms with Gasteiger partial charge < -0.3 is 30.5 Å². The molecule has 4 atom stereocenters. The number of nitrogens with zero attached hydrogens (tertiary/aromatic N) is 4. The molecule has 5 N–H and O–H groups in total. The Kier molecular flexibility index (Phi) is 5.35. The number of hydrogen-bond donors (Lipinski definition) is 4. The second-order valence-electron chi connectivity index (χ2n) is 7.68. The molecule has 1 fully saturated rings. The Bertz CT molecular complexity index is 1260. The van der Waals surface area contributed by atoms with Gasteiger partial charge in [-0.3, -0.25) is 4.57 Å². The van der Waals surface area contributed by atoms with Gasteiger partial charge >= 0.3 is 6.01 Å². The average molecular weight is 437 g/mol. The van der Waals surface area contributed by atoms with E-state index in [9.17, 15) is 15.3 Å². The van der Waals surface area contributed by atoms with Crippen LogP contribution in [0.5, 0.6) is 6.01 Å². The Morgan fingerprint density at radius 1 is 1.06 bits per heavy atom. The van der Waals surface area contributed by atoms with Crippen LogP contribution in [0.1, 0.15) is 11.8 Å². The molecular weight excluding hydrogens is 414 g/mol. The number of nitrogen functional groups attached to an aromatic ring is 1. The molecule has 0 amide bonds. The van der Waals surface area contributed by atoms with Gasteiger partial charge in [0.1, 0.15) is 18.3 Å². The van der Waals surface area contributed by atoms with E-state index in [1.165, 1.54) is 10.9 Å². The minimum atomic E-state index is -1.27. The molecule has 0 aliphatic carbocycles. The summed E-state index contributed by atoms with van der Waals surface area (Å²) in [5.41, 5.74) is 7.81. The lowest BCUT2D eigenvalue weighted by Gasteiger charge is -2.16. The van der Waals surface area contributed by atoms with Gasteiger partial charge in [0.25, 0.3) is 0 Å². The van der Waals surface area contributed by atoms with Crippen molar-refractivity contribution in [3.8, 4) is 6.01 Å². The summed E-state index contributed by atoms with van der Waals surface area (Å²) in [5, 5.41) is 32.1. The lowest BCUT2D eigenvalue weighted by atomic mass is 10.0. The zero-order chi connectivity index (χ0) is 22.2. The number of benzene rings is 2. The summed E-state index contributed by atoms with van der Waals surface area (Å²) in [4.78, 5) is 12.8. The van der Waals surface area contributed by atoms with E-state index in [1.807, 2.05) is 18.2 Å². The van der Waals surface area contributed by atoms with E-state index in [0.717, 1.165) is 16.3 Å². The van der Waals surface area contributed by atoms with Crippen LogP contribution in [0.25, 0.3) is 21.9 Å². The summed E-state index contributed by atoms with van der Waals surface area (Å²) in [7, 11) is 0. The quantitative estimate of drug-likeness (QED) is 0.343. The Balaban J connectivity index is 1.38. The van der Waals surface area contributed by atoms with Gasteiger partial charge in [-0.15, -0.1) is 0 Å². The molecule has 2 aromatic heterocycles. The highest BCUT2D eigenvalue weighted by Crippen LogP contribution is 2.32. The fraction of sp³-hybridized carbons (Fsp3) is 0.318. The third-order valence-electron chi connectivity index (χ3n) is 5.70. The molecule has 1 aliphatic rings. The molecule has 4 aromatic rings. The number of aliphatic hydroxyl groups excluding tert-OH is 3. The standard InChI is InChI=1S/C22H23N5O5/c23-19-16-20(27(11-24-16)21-18(30)17(29)15(10-28)32-21)26-22(25-19)31-9-8-13-6-3-5-12-4-1-2-7-14(12)13/h1-7,11,15,17-18,21,28-30H,8-10H2,(H2,23,25,26)/t15-,17?,18?,21-/m1/s1. The van der Waals surface area contributed by atoms with Gasteiger partial charge in [-0.05, 0) is 16.3 Å². The topological polar surface area (TPSA) is 149 Å². The highest BCUT2D eigenvalue weighted by Gasteiger charge is 2.44. The maximum Gasteiger partial charge on any atom is 0.320 e. The molecule has 0 bridgehead atoms. The molecule has 2 unspecified atom stereocenters. The molecule has 0 spiro atoms. The highest BCUT2D eigenvalue weighted by molar-refractivity contribution is 5.85. The molecular formula is C22H23N5O5. The molecule has 10 nitrogen and oxygen atoms in total. The molecule has 3 heterocycles. The average Bonchev–Trinajstić information content (AvgIpc) is 3.35. The second-order valence-corrected chi connectivity index (χ2v) is 7.68. The van der Waals surface area contributed by atoms with E-state index in [4.69, 9.17) is 15.2 Å². The normalized spacial score (nSPS) is 23.2. The van der Waals surface area contributed by atoms with Crippen molar-refractivity contribution in [3.05, 3.63) is 54.4 Å². The first kappa shape index (κ1) is 20.6.